The number of rotatable bonds is 8. The van der Waals surface area contributed by atoms with Crippen molar-refractivity contribution in [3.63, 3.8) is 0 Å². The van der Waals surface area contributed by atoms with Crippen LogP contribution >= 0.6 is 27.7 Å². The Morgan fingerprint density at radius 2 is 1.95 bits per heavy atom. The quantitative estimate of drug-likeness (QED) is 0.479. The highest BCUT2D eigenvalue weighted by molar-refractivity contribution is 9.10. The van der Waals surface area contributed by atoms with Crippen molar-refractivity contribution in [3.05, 3.63) is 28.7 Å². The number of halogens is 1. The van der Waals surface area contributed by atoms with Crippen molar-refractivity contribution >= 4 is 39.6 Å². The summed E-state index contributed by atoms with van der Waals surface area (Å²) in [5, 5.41) is 20.6. The van der Waals surface area contributed by atoms with Gasteiger partial charge in [-0.1, -0.05) is 15.9 Å². The molecule has 0 heterocycles. The highest BCUT2D eigenvalue weighted by Gasteiger charge is 2.30. The molecule has 1 aromatic rings. The summed E-state index contributed by atoms with van der Waals surface area (Å²) in [6.45, 7) is 0.861. The summed E-state index contributed by atoms with van der Waals surface area (Å²) in [7, 11) is 0. The summed E-state index contributed by atoms with van der Waals surface area (Å²) in [6.07, 6.45) is 0.987. The maximum Gasteiger partial charge on any atom is 0.337 e. The summed E-state index contributed by atoms with van der Waals surface area (Å²) in [6, 6.07) is 7.92. The standard InChI is InChI=1S/C14H18BrNO4S/c1-14(20,13(18)19)9-16-12(17)3-2-8-21-11-6-4-10(15)5-7-11/h4-7,20H,2-3,8-9H2,1H3,(H,16,17)(H,18,19). The lowest BCUT2D eigenvalue weighted by atomic mass is 10.1. The van der Waals surface area contributed by atoms with E-state index in [0.29, 0.717) is 12.8 Å². The number of carboxylic acid groups (broad SMARTS) is 1. The molecule has 0 fully saturated rings. The van der Waals surface area contributed by atoms with Crippen LogP contribution in [0.5, 0.6) is 0 Å². The number of benzene rings is 1. The number of carbonyl (C=O) groups is 2. The van der Waals surface area contributed by atoms with Crippen LogP contribution in [-0.4, -0.2) is 40.0 Å². The fourth-order valence-electron chi connectivity index (χ4n) is 1.39. The third-order valence-electron chi connectivity index (χ3n) is 2.72. The van der Waals surface area contributed by atoms with E-state index in [1.807, 2.05) is 24.3 Å². The Morgan fingerprint density at radius 3 is 2.52 bits per heavy atom. The van der Waals surface area contributed by atoms with Crippen molar-refractivity contribution in [2.45, 2.75) is 30.3 Å². The molecule has 116 valence electrons. The number of amides is 1. The lowest BCUT2D eigenvalue weighted by Crippen LogP contribution is -2.46. The van der Waals surface area contributed by atoms with E-state index in [-0.39, 0.29) is 12.5 Å². The van der Waals surface area contributed by atoms with E-state index in [9.17, 15) is 14.7 Å². The predicted molar refractivity (Wildman–Crippen MR) is 85.4 cm³/mol. The molecule has 1 atom stereocenters. The van der Waals surface area contributed by atoms with Crippen LogP contribution in [0.3, 0.4) is 0 Å². The van der Waals surface area contributed by atoms with Crippen LogP contribution in [0.2, 0.25) is 0 Å². The molecule has 5 nitrogen and oxygen atoms in total. The third kappa shape index (κ3) is 6.97. The van der Waals surface area contributed by atoms with Gasteiger partial charge in [0.05, 0.1) is 6.54 Å². The number of hydrogen-bond donors (Lipinski definition) is 3. The minimum absolute atomic E-state index is 0.257. The normalized spacial score (nSPS) is 13.5. The van der Waals surface area contributed by atoms with E-state index in [0.717, 1.165) is 22.0 Å². The average Bonchev–Trinajstić information content (AvgIpc) is 2.43. The molecule has 0 aromatic heterocycles. The van der Waals surface area contributed by atoms with Gasteiger partial charge >= 0.3 is 5.97 Å². The lowest BCUT2D eigenvalue weighted by Gasteiger charge is -2.18. The molecular formula is C14H18BrNO4S. The molecule has 1 rings (SSSR count). The Kier molecular flexibility index (Phi) is 7.21. The number of nitrogens with one attached hydrogen (secondary N) is 1. The first-order valence-electron chi connectivity index (χ1n) is 6.42. The van der Waals surface area contributed by atoms with Crippen molar-refractivity contribution in [2.24, 2.45) is 0 Å². The van der Waals surface area contributed by atoms with Crippen LogP contribution in [0.4, 0.5) is 0 Å². The molecule has 0 saturated heterocycles. The van der Waals surface area contributed by atoms with Crippen LogP contribution in [0.1, 0.15) is 19.8 Å². The molecule has 0 radical (unpaired) electrons. The zero-order chi connectivity index (χ0) is 15.9. The number of carboxylic acids is 1. The predicted octanol–water partition coefficient (Wildman–Crippen LogP) is 2.27. The number of thioether (sulfide) groups is 1. The first-order valence-corrected chi connectivity index (χ1v) is 8.20. The van der Waals surface area contributed by atoms with Gasteiger partial charge in [-0.05, 0) is 43.4 Å². The van der Waals surface area contributed by atoms with Crippen LogP contribution in [0.15, 0.2) is 33.6 Å². The molecule has 0 spiro atoms. The second-order valence-corrected chi connectivity index (χ2v) is 6.85. The molecule has 1 amide bonds. The van der Waals surface area contributed by atoms with Gasteiger partial charge in [0.15, 0.2) is 5.60 Å². The molecule has 21 heavy (non-hydrogen) atoms. The summed E-state index contributed by atoms with van der Waals surface area (Å²) < 4.78 is 1.02. The minimum atomic E-state index is -1.93. The summed E-state index contributed by atoms with van der Waals surface area (Å²) in [4.78, 5) is 23.3. The highest BCUT2D eigenvalue weighted by Crippen LogP contribution is 2.21. The smallest absolute Gasteiger partial charge is 0.337 e. The fourth-order valence-corrected chi connectivity index (χ4v) is 2.51. The molecule has 1 aromatic carbocycles. The third-order valence-corrected chi connectivity index (χ3v) is 4.35. The van der Waals surface area contributed by atoms with Crippen LogP contribution in [0, 0.1) is 0 Å². The van der Waals surface area contributed by atoms with Gasteiger partial charge in [0.1, 0.15) is 0 Å². The fraction of sp³-hybridized carbons (Fsp3) is 0.429. The average molecular weight is 376 g/mol. The van der Waals surface area contributed by atoms with Gasteiger partial charge in [0.25, 0.3) is 0 Å². The van der Waals surface area contributed by atoms with E-state index < -0.39 is 11.6 Å². The summed E-state index contributed by atoms with van der Waals surface area (Å²) in [5.41, 5.74) is -1.93. The van der Waals surface area contributed by atoms with E-state index in [1.54, 1.807) is 11.8 Å². The monoisotopic (exact) mass is 375 g/mol. The second-order valence-electron chi connectivity index (χ2n) is 4.76. The number of aliphatic hydroxyl groups is 1. The van der Waals surface area contributed by atoms with Crippen molar-refractivity contribution in [1.29, 1.82) is 0 Å². The van der Waals surface area contributed by atoms with Gasteiger partial charge in [0.2, 0.25) is 5.91 Å². The molecular weight excluding hydrogens is 358 g/mol. The maximum absolute atomic E-state index is 11.5. The first-order chi connectivity index (χ1) is 9.81. The molecule has 0 aliphatic heterocycles. The number of aliphatic carboxylic acids is 1. The van der Waals surface area contributed by atoms with Gasteiger partial charge in [-0.25, -0.2) is 4.79 Å². The molecule has 1 unspecified atom stereocenters. The van der Waals surface area contributed by atoms with Crippen molar-refractivity contribution in [1.82, 2.24) is 5.32 Å². The Labute approximate surface area is 136 Å². The van der Waals surface area contributed by atoms with Gasteiger partial charge in [-0.2, -0.15) is 0 Å². The van der Waals surface area contributed by atoms with E-state index in [2.05, 4.69) is 21.2 Å². The maximum atomic E-state index is 11.5. The van der Waals surface area contributed by atoms with Gasteiger partial charge < -0.3 is 15.5 Å². The van der Waals surface area contributed by atoms with E-state index >= 15 is 0 Å². The molecule has 0 bridgehead atoms. The zero-order valence-electron chi connectivity index (χ0n) is 11.6. The van der Waals surface area contributed by atoms with Gasteiger partial charge in [-0.3, -0.25) is 4.79 Å². The minimum Gasteiger partial charge on any atom is -0.479 e. The van der Waals surface area contributed by atoms with Crippen LogP contribution < -0.4 is 5.32 Å². The SMILES string of the molecule is CC(O)(CNC(=O)CCCSc1ccc(Br)cc1)C(=O)O. The second kappa shape index (κ2) is 8.41. The van der Waals surface area contributed by atoms with Crippen LogP contribution in [-0.2, 0) is 9.59 Å². The van der Waals surface area contributed by atoms with Crippen molar-refractivity contribution in [2.75, 3.05) is 12.3 Å². The molecule has 0 aliphatic carbocycles. The highest BCUT2D eigenvalue weighted by atomic mass is 79.9. The lowest BCUT2D eigenvalue weighted by molar-refractivity contribution is -0.156. The number of carbonyl (C=O) groups excluding carboxylic acids is 1. The first kappa shape index (κ1) is 18.0. The molecule has 3 N–H and O–H groups in total. The Hall–Kier alpha value is -1.05. The topological polar surface area (TPSA) is 86.6 Å². The van der Waals surface area contributed by atoms with E-state index in [4.69, 9.17) is 5.11 Å². The summed E-state index contributed by atoms with van der Waals surface area (Å²) >= 11 is 5.02. The molecule has 7 heteroatoms. The van der Waals surface area contributed by atoms with E-state index in [1.165, 1.54) is 0 Å². The summed E-state index contributed by atoms with van der Waals surface area (Å²) in [5.74, 6) is -0.814. The Bertz CT molecular complexity index is 490. The van der Waals surface area contributed by atoms with Crippen LogP contribution in [0.25, 0.3) is 0 Å². The Morgan fingerprint density at radius 1 is 1.33 bits per heavy atom. The largest absolute Gasteiger partial charge is 0.479 e. The van der Waals surface area contributed by atoms with Crippen molar-refractivity contribution in [3.8, 4) is 0 Å². The Balaban J connectivity index is 2.19. The van der Waals surface area contributed by atoms with Gasteiger partial charge in [-0.15, -0.1) is 11.8 Å². The van der Waals surface area contributed by atoms with Crippen molar-refractivity contribution < 1.29 is 19.8 Å². The zero-order valence-corrected chi connectivity index (χ0v) is 14.0. The number of hydrogen-bond acceptors (Lipinski definition) is 4. The molecule has 0 saturated carbocycles. The van der Waals surface area contributed by atoms with Gasteiger partial charge in [0, 0.05) is 15.8 Å². The molecule has 0 aliphatic rings.